The van der Waals surface area contributed by atoms with Gasteiger partial charge in [-0.05, 0) is 50.8 Å². The Morgan fingerprint density at radius 3 is 2.81 bits per heavy atom. The highest BCUT2D eigenvalue weighted by Gasteiger charge is 2.28. The molecule has 1 aliphatic rings. The first kappa shape index (κ1) is 26.8. The van der Waals surface area contributed by atoms with Crippen LogP contribution >= 0.6 is 22.6 Å². The average Bonchev–Trinajstić information content (AvgIpc) is 3.49. The van der Waals surface area contributed by atoms with E-state index in [1.807, 2.05) is 23.7 Å². The SMILES string of the molecule is Cc1nc(-c2nnn(C)c2COC(=O)N(C)Cc2ccnn2CI)ccc1O[C@H]1CCC[C@H](C(=O)O)C1. The van der Waals surface area contributed by atoms with Crippen LogP contribution in [-0.4, -0.2) is 65.0 Å². The summed E-state index contributed by atoms with van der Waals surface area (Å²) in [5.41, 5.74) is 3.27. The topological polar surface area (TPSA) is 137 Å². The number of hydrogen-bond acceptors (Lipinski definition) is 8. The number of carbonyl (C=O) groups is 2. The highest BCUT2D eigenvalue weighted by Crippen LogP contribution is 2.30. The second kappa shape index (κ2) is 11.9. The van der Waals surface area contributed by atoms with Crippen LogP contribution in [0, 0.1) is 12.8 Å². The van der Waals surface area contributed by atoms with Gasteiger partial charge in [0.05, 0.1) is 40.2 Å². The number of aryl methyl sites for hydroxylation is 2. The van der Waals surface area contributed by atoms with Gasteiger partial charge in [0, 0.05) is 20.3 Å². The second-order valence-corrected chi connectivity index (χ2v) is 9.76. The number of pyridine rings is 1. The number of nitrogens with zero attached hydrogens (tertiary/aromatic N) is 7. The average molecular weight is 623 g/mol. The number of aliphatic carboxylic acids is 1. The van der Waals surface area contributed by atoms with Gasteiger partial charge in [0.1, 0.15) is 23.7 Å². The number of ether oxygens (including phenoxy) is 2. The quantitative estimate of drug-likeness (QED) is 0.280. The summed E-state index contributed by atoms with van der Waals surface area (Å²) in [6.07, 6.45) is 3.89. The molecule has 3 aromatic rings. The maximum Gasteiger partial charge on any atom is 0.410 e. The van der Waals surface area contributed by atoms with Crippen LogP contribution in [0.3, 0.4) is 0 Å². The van der Waals surface area contributed by atoms with Gasteiger partial charge >= 0.3 is 12.1 Å². The van der Waals surface area contributed by atoms with E-state index in [-0.39, 0.29) is 18.6 Å². The van der Waals surface area contributed by atoms with Gasteiger partial charge in [0.2, 0.25) is 0 Å². The fraction of sp³-hybridized carbons (Fsp3) is 0.500. The van der Waals surface area contributed by atoms with Crippen LogP contribution in [0.2, 0.25) is 0 Å². The van der Waals surface area contributed by atoms with Gasteiger partial charge in [-0.25, -0.2) is 14.5 Å². The van der Waals surface area contributed by atoms with Gasteiger partial charge in [0.15, 0.2) is 0 Å². The van der Waals surface area contributed by atoms with Crippen molar-refractivity contribution in [2.45, 2.75) is 56.4 Å². The lowest BCUT2D eigenvalue weighted by atomic mass is 9.87. The summed E-state index contributed by atoms with van der Waals surface area (Å²) in [6.45, 7) is 2.18. The van der Waals surface area contributed by atoms with E-state index in [0.717, 1.165) is 18.5 Å². The maximum absolute atomic E-state index is 12.6. The molecule has 13 heteroatoms. The lowest BCUT2D eigenvalue weighted by Crippen LogP contribution is -2.29. The minimum Gasteiger partial charge on any atom is -0.489 e. The Labute approximate surface area is 228 Å². The molecule has 198 valence electrons. The maximum atomic E-state index is 12.6. The predicted octanol–water partition coefficient (Wildman–Crippen LogP) is 3.57. The molecule has 0 spiro atoms. The molecule has 1 N–H and O–H groups in total. The molecule has 37 heavy (non-hydrogen) atoms. The van der Waals surface area contributed by atoms with Crippen molar-refractivity contribution in [3.8, 4) is 17.1 Å². The smallest absolute Gasteiger partial charge is 0.410 e. The number of aromatic nitrogens is 6. The highest BCUT2D eigenvalue weighted by molar-refractivity contribution is 14.1. The fourth-order valence-electron chi connectivity index (χ4n) is 4.35. The van der Waals surface area contributed by atoms with Crippen molar-refractivity contribution in [1.29, 1.82) is 0 Å². The molecule has 12 nitrogen and oxygen atoms in total. The summed E-state index contributed by atoms with van der Waals surface area (Å²) < 4.78 is 15.7. The Kier molecular flexibility index (Phi) is 8.61. The minimum atomic E-state index is -0.771. The molecule has 3 heterocycles. The Hall–Kier alpha value is -3.23. The first-order valence-electron chi connectivity index (χ1n) is 12.0. The van der Waals surface area contributed by atoms with Crippen LogP contribution < -0.4 is 4.74 Å². The molecule has 0 aliphatic heterocycles. The number of carboxylic acids is 1. The minimum absolute atomic E-state index is 0.0226. The van der Waals surface area contributed by atoms with Crippen molar-refractivity contribution in [3.63, 3.8) is 0 Å². The van der Waals surface area contributed by atoms with Crippen molar-refractivity contribution in [2.75, 3.05) is 7.05 Å². The Bertz CT molecular complexity index is 1260. The van der Waals surface area contributed by atoms with Gasteiger partial charge in [-0.3, -0.25) is 9.48 Å². The van der Waals surface area contributed by atoms with Crippen LogP contribution in [0.15, 0.2) is 24.4 Å². The zero-order valence-corrected chi connectivity index (χ0v) is 23.2. The van der Waals surface area contributed by atoms with Crippen molar-refractivity contribution in [2.24, 2.45) is 13.0 Å². The standard InChI is InChI=1S/C24H30IN7O5/c1-15-21(37-18-6-4-5-16(11-18)23(33)34)8-7-19(27-15)22-20(31(3)29-28-22)13-36-24(35)30(2)12-17-9-10-26-32(17)14-25/h7-10,16,18H,4-6,11-14H2,1-3H3,(H,33,34)/t16-,18-/m0/s1. The number of amides is 1. The van der Waals surface area contributed by atoms with E-state index in [2.05, 4.69) is 43.0 Å². The van der Waals surface area contributed by atoms with Gasteiger partial charge < -0.3 is 19.5 Å². The summed E-state index contributed by atoms with van der Waals surface area (Å²) >= 11 is 2.21. The second-order valence-electron chi connectivity index (χ2n) is 9.08. The van der Waals surface area contributed by atoms with Gasteiger partial charge in [-0.1, -0.05) is 27.8 Å². The molecule has 0 saturated heterocycles. The van der Waals surface area contributed by atoms with Crippen molar-refractivity contribution in [3.05, 3.63) is 41.5 Å². The molecule has 2 atom stereocenters. The van der Waals surface area contributed by atoms with E-state index in [9.17, 15) is 14.7 Å². The lowest BCUT2D eigenvalue weighted by molar-refractivity contribution is -0.143. The molecular formula is C24H30IN7O5. The normalized spacial score (nSPS) is 17.4. The molecule has 0 bridgehead atoms. The predicted molar refractivity (Wildman–Crippen MR) is 141 cm³/mol. The molecular weight excluding hydrogens is 593 g/mol. The van der Waals surface area contributed by atoms with E-state index in [1.54, 1.807) is 31.0 Å². The summed E-state index contributed by atoms with van der Waals surface area (Å²) in [7, 11) is 3.40. The third-order valence-corrected chi connectivity index (χ3v) is 7.10. The van der Waals surface area contributed by atoms with E-state index >= 15 is 0 Å². The van der Waals surface area contributed by atoms with Crippen LogP contribution in [0.25, 0.3) is 11.4 Å². The van der Waals surface area contributed by atoms with Crippen LogP contribution in [0.1, 0.15) is 42.8 Å². The van der Waals surface area contributed by atoms with Gasteiger partial charge in [0.25, 0.3) is 0 Å². The van der Waals surface area contributed by atoms with Crippen molar-refractivity contribution < 1.29 is 24.2 Å². The third kappa shape index (κ3) is 6.37. The van der Waals surface area contributed by atoms with Crippen LogP contribution in [0.5, 0.6) is 5.75 Å². The fourth-order valence-corrected chi connectivity index (χ4v) is 4.96. The Morgan fingerprint density at radius 2 is 2.08 bits per heavy atom. The number of carbonyl (C=O) groups excluding carboxylic acids is 1. The molecule has 1 fully saturated rings. The summed E-state index contributed by atoms with van der Waals surface area (Å²) in [4.78, 5) is 30.1. The largest absolute Gasteiger partial charge is 0.489 e. The molecule has 1 amide bonds. The molecule has 0 radical (unpaired) electrons. The zero-order chi connectivity index (χ0) is 26.5. The van der Waals surface area contributed by atoms with Crippen molar-refractivity contribution >= 4 is 34.7 Å². The van der Waals surface area contributed by atoms with E-state index in [4.69, 9.17) is 9.47 Å². The molecule has 1 aliphatic carbocycles. The summed E-state index contributed by atoms with van der Waals surface area (Å²) in [6, 6.07) is 5.47. The van der Waals surface area contributed by atoms with E-state index in [1.165, 1.54) is 4.90 Å². The molecule has 3 aromatic heterocycles. The summed E-state index contributed by atoms with van der Waals surface area (Å²) in [5, 5.41) is 21.9. The number of hydrogen-bond donors (Lipinski definition) is 1. The lowest BCUT2D eigenvalue weighted by Gasteiger charge is -2.27. The molecule has 1 saturated carbocycles. The van der Waals surface area contributed by atoms with E-state index in [0.29, 0.717) is 52.5 Å². The highest BCUT2D eigenvalue weighted by atomic mass is 127. The first-order chi connectivity index (χ1) is 17.8. The molecule has 4 rings (SSSR count). The number of rotatable bonds is 9. The summed E-state index contributed by atoms with van der Waals surface area (Å²) in [5.74, 6) is -0.527. The zero-order valence-electron chi connectivity index (χ0n) is 21.0. The van der Waals surface area contributed by atoms with E-state index < -0.39 is 12.1 Å². The monoisotopic (exact) mass is 623 g/mol. The number of carboxylic acid groups (broad SMARTS) is 1. The van der Waals surface area contributed by atoms with Gasteiger partial charge in [-0.15, -0.1) is 5.10 Å². The number of alkyl halides is 1. The number of halogens is 1. The molecule has 0 unspecified atom stereocenters. The van der Waals surface area contributed by atoms with Crippen LogP contribution in [0.4, 0.5) is 4.79 Å². The Balaban J connectivity index is 1.41. The Morgan fingerprint density at radius 1 is 1.27 bits per heavy atom. The first-order valence-corrected chi connectivity index (χ1v) is 13.5. The molecule has 0 aromatic carbocycles. The van der Waals surface area contributed by atoms with Crippen LogP contribution in [-0.2, 0) is 34.3 Å². The van der Waals surface area contributed by atoms with Crippen molar-refractivity contribution in [1.82, 2.24) is 34.7 Å². The van der Waals surface area contributed by atoms with Gasteiger partial charge in [-0.2, -0.15) is 5.10 Å². The third-order valence-electron chi connectivity index (χ3n) is 6.45.